The first kappa shape index (κ1) is 28.8. The van der Waals surface area contributed by atoms with Crippen LogP contribution in [0, 0.1) is 24.4 Å². The quantitative estimate of drug-likeness (QED) is 0.307. The number of hydrogen-bond donors (Lipinski definition) is 2. The Hall–Kier alpha value is -4.23. The molecule has 1 aliphatic heterocycles. The van der Waals surface area contributed by atoms with Gasteiger partial charge in [-0.15, -0.1) is 0 Å². The normalized spacial score (nSPS) is 13.8. The standard InChI is InChI=1S/C27H30F3N7O3/c1-16-24(36(32-2)13-14-40-3)20(30)15-22(25(16)35-11-9-17(31)10-12-35)33-27(39)21-7-8-23(38)37(34-21)26-18(28)5-4-6-19(26)29/h4-8,15,17H,2,9-14,31H2,1,3H3,(H,33,39). The van der Waals surface area contributed by atoms with Crippen molar-refractivity contribution < 1.29 is 22.7 Å². The Kier molecular flexibility index (Phi) is 8.85. The van der Waals surface area contributed by atoms with Crippen LogP contribution in [-0.2, 0) is 4.74 Å². The number of nitrogens with one attached hydrogen (secondary N) is 1. The minimum absolute atomic E-state index is 0.0200. The summed E-state index contributed by atoms with van der Waals surface area (Å²) >= 11 is 0. The summed E-state index contributed by atoms with van der Waals surface area (Å²) in [7, 11) is 1.52. The number of benzene rings is 2. The molecule has 212 valence electrons. The predicted molar refractivity (Wildman–Crippen MR) is 147 cm³/mol. The van der Waals surface area contributed by atoms with E-state index in [-0.39, 0.29) is 36.3 Å². The maximum atomic E-state index is 15.6. The van der Waals surface area contributed by atoms with E-state index in [1.54, 1.807) is 6.92 Å². The number of ether oxygens (including phenoxy) is 1. The molecule has 3 N–H and O–H groups in total. The highest BCUT2D eigenvalue weighted by atomic mass is 19.1. The number of halogens is 3. The molecule has 0 radical (unpaired) electrons. The molecule has 4 rings (SSSR count). The molecular formula is C27H30F3N7O3. The monoisotopic (exact) mass is 557 g/mol. The van der Waals surface area contributed by atoms with Crippen LogP contribution in [0.4, 0.5) is 30.2 Å². The van der Waals surface area contributed by atoms with E-state index in [0.29, 0.717) is 41.9 Å². The summed E-state index contributed by atoms with van der Waals surface area (Å²) < 4.78 is 49.9. The Morgan fingerprint density at radius 3 is 2.48 bits per heavy atom. The van der Waals surface area contributed by atoms with E-state index in [2.05, 4.69) is 22.2 Å². The van der Waals surface area contributed by atoms with Crippen molar-refractivity contribution in [3.05, 3.63) is 75.5 Å². The second-order valence-corrected chi connectivity index (χ2v) is 9.30. The SMILES string of the molecule is C=NN(CCOC)c1c(F)cc(NC(=O)c2ccc(=O)n(-c3c(F)cccc3F)n2)c(N2CCC(N)CC2)c1C. The number of aromatic nitrogens is 2. The molecule has 1 fully saturated rings. The smallest absolute Gasteiger partial charge is 0.276 e. The Balaban J connectivity index is 1.77. The average molecular weight is 558 g/mol. The van der Waals surface area contributed by atoms with Gasteiger partial charge in [0.15, 0.2) is 17.5 Å². The summed E-state index contributed by atoms with van der Waals surface area (Å²) in [4.78, 5) is 27.7. The number of para-hydroxylation sites is 1. The van der Waals surface area contributed by atoms with Crippen LogP contribution in [0.3, 0.4) is 0 Å². The lowest BCUT2D eigenvalue weighted by Gasteiger charge is -2.36. The van der Waals surface area contributed by atoms with Gasteiger partial charge in [-0.1, -0.05) is 6.07 Å². The number of nitrogens with zero attached hydrogens (tertiary/aromatic N) is 5. The Morgan fingerprint density at radius 1 is 1.18 bits per heavy atom. The van der Waals surface area contributed by atoms with E-state index in [0.717, 1.165) is 30.3 Å². The third-order valence-electron chi connectivity index (χ3n) is 6.69. The van der Waals surface area contributed by atoms with Gasteiger partial charge in [-0.05, 0) is 38.0 Å². The fourth-order valence-corrected chi connectivity index (χ4v) is 4.70. The number of hydrazone groups is 1. The van der Waals surface area contributed by atoms with Gasteiger partial charge in [0, 0.05) is 50.7 Å². The molecule has 0 spiro atoms. The molecule has 3 aromatic rings. The van der Waals surface area contributed by atoms with Gasteiger partial charge in [0.1, 0.15) is 17.1 Å². The van der Waals surface area contributed by atoms with E-state index < -0.39 is 34.6 Å². The number of anilines is 3. The van der Waals surface area contributed by atoms with Gasteiger partial charge in [-0.3, -0.25) is 14.6 Å². The summed E-state index contributed by atoms with van der Waals surface area (Å²) in [6.45, 7) is 6.90. The Morgan fingerprint density at radius 2 is 1.85 bits per heavy atom. The minimum Gasteiger partial charge on any atom is -0.383 e. The summed E-state index contributed by atoms with van der Waals surface area (Å²) in [6, 6.07) is 6.36. The van der Waals surface area contributed by atoms with Crippen LogP contribution in [0.25, 0.3) is 5.69 Å². The third-order valence-corrected chi connectivity index (χ3v) is 6.69. The molecule has 1 aliphatic rings. The molecule has 0 bridgehead atoms. The van der Waals surface area contributed by atoms with E-state index in [9.17, 15) is 18.4 Å². The lowest BCUT2D eigenvalue weighted by molar-refractivity contribution is 0.102. The van der Waals surface area contributed by atoms with Gasteiger partial charge in [0.2, 0.25) is 0 Å². The van der Waals surface area contributed by atoms with E-state index in [4.69, 9.17) is 10.5 Å². The maximum absolute atomic E-state index is 15.6. The Labute approximate surface area is 228 Å². The molecule has 10 nitrogen and oxygen atoms in total. The molecule has 0 unspecified atom stereocenters. The number of rotatable bonds is 9. The van der Waals surface area contributed by atoms with Crippen molar-refractivity contribution in [2.45, 2.75) is 25.8 Å². The molecule has 1 aromatic heterocycles. The fourth-order valence-electron chi connectivity index (χ4n) is 4.70. The van der Waals surface area contributed by atoms with Crippen LogP contribution in [0.15, 0.2) is 46.3 Å². The van der Waals surface area contributed by atoms with E-state index in [1.165, 1.54) is 18.2 Å². The first-order valence-electron chi connectivity index (χ1n) is 12.6. The fraction of sp³-hybridized carbons (Fsp3) is 0.333. The average Bonchev–Trinajstić information content (AvgIpc) is 2.92. The van der Waals surface area contributed by atoms with Gasteiger partial charge in [0.05, 0.1) is 24.5 Å². The lowest BCUT2D eigenvalue weighted by Crippen LogP contribution is -2.40. The van der Waals surface area contributed by atoms with E-state index >= 15 is 4.39 Å². The summed E-state index contributed by atoms with van der Waals surface area (Å²) in [6.07, 6.45) is 1.38. The topological polar surface area (TPSA) is 118 Å². The molecule has 1 saturated heterocycles. The summed E-state index contributed by atoms with van der Waals surface area (Å²) in [5, 5.41) is 11.9. The number of amides is 1. The number of nitrogens with two attached hydrogens (primary N) is 1. The highest BCUT2D eigenvalue weighted by Gasteiger charge is 2.27. The minimum atomic E-state index is -1.03. The summed E-state index contributed by atoms with van der Waals surface area (Å²) in [5.41, 5.74) is 5.59. The number of carbonyl (C=O) groups excluding carboxylic acids is 1. The van der Waals surface area contributed by atoms with Gasteiger partial charge in [0.25, 0.3) is 11.5 Å². The van der Waals surface area contributed by atoms with Gasteiger partial charge in [-0.2, -0.15) is 14.9 Å². The van der Waals surface area contributed by atoms with Crippen molar-refractivity contribution in [1.29, 1.82) is 0 Å². The van der Waals surface area contributed by atoms with Crippen molar-refractivity contribution in [1.82, 2.24) is 9.78 Å². The van der Waals surface area contributed by atoms with Crippen molar-refractivity contribution in [2.24, 2.45) is 10.8 Å². The van der Waals surface area contributed by atoms with Crippen LogP contribution >= 0.6 is 0 Å². The molecule has 40 heavy (non-hydrogen) atoms. The lowest BCUT2D eigenvalue weighted by atomic mass is 10.0. The molecule has 13 heteroatoms. The van der Waals surface area contributed by atoms with Crippen LogP contribution in [0.1, 0.15) is 28.9 Å². The first-order valence-corrected chi connectivity index (χ1v) is 12.6. The molecular weight excluding hydrogens is 527 g/mol. The van der Waals surface area contributed by atoms with Crippen LogP contribution in [-0.4, -0.2) is 61.8 Å². The predicted octanol–water partition coefficient (Wildman–Crippen LogP) is 3.21. The zero-order valence-electron chi connectivity index (χ0n) is 22.2. The van der Waals surface area contributed by atoms with Crippen LogP contribution in [0.2, 0.25) is 0 Å². The molecule has 1 amide bonds. The van der Waals surface area contributed by atoms with Gasteiger partial charge in [-0.25, -0.2) is 13.2 Å². The third kappa shape index (κ3) is 5.84. The largest absolute Gasteiger partial charge is 0.383 e. The highest BCUT2D eigenvalue weighted by molar-refractivity contribution is 6.05. The molecule has 2 heterocycles. The van der Waals surface area contributed by atoms with E-state index in [1.807, 2.05) is 4.90 Å². The van der Waals surface area contributed by atoms with Crippen molar-refractivity contribution in [2.75, 3.05) is 48.6 Å². The van der Waals surface area contributed by atoms with Crippen molar-refractivity contribution in [3.8, 4) is 5.69 Å². The maximum Gasteiger partial charge on any atom is 0.276 e. The van der Waals surface area contributed by atoms with Gasteiger partial charge >= 0.3 is 0 Å². The van der Waals surface area contributed by atoms with Crippen molar-refractivity contribution in [3.63, 3.8) is 0 Å². The highest BCUT2D eigenvalue weighted by Crippen LogP contribution is 2.40. The van der Waals surface area contributed by atoms with Crippen LogP contribution in [0.5, 0.6) is 0 Å². The van der Waals surface area contributed by atoms with Crippen LogP contribution < -0.4 is 26.5 Å². The first-order chi connectivity index (χ1) is 19.2. The number of hydrogen-bond acceptors (Lipinski definition) is 8. The molecule has 0 atom stereocenters. The molecule has 2 aromatic carbocycles. The van der Waals surface area contributed by atoms with Crippen molar-refractivity contribution >= 4 is 29.7 Å². The summed E-state index contributed by atoms with van der Waals surface area (Å²) in [5.74, 6) is -3.54. The number of methoxy groups -OCH3 is 1. The molecule has 0 aliphatic carbocycles. The second-order valence-electron chi connectivity index (χ2n) is 9.30. The Bertz CT molecular complexity index is 1450. The number of piperidine rings is 1. The second kappa shape index (κ2) is 12.3. The zero-order valence-corrected chi connectivity index (χ0v) is 22.2. The van der Waals surface area contributed by atoms with Gasteiger partial charge < -0.3 is 20.7 Å². The zero-order chi connectivity index (χ0) is 29.0. The molecule has 0 saturated carbocycles. The number of carbonyl (C=O) groups is 1.